The largest absolute Gasteiger partial charge is 0.347 e. The first-order chi connectivity index (χ1) is 14.1. The molecule has 2 heterocycles. The zero-order valence-electron chi connectivity index (χ0n) is 19.0. The van der Waals surface area contributed by atoms with E-state index in [4.69, 9.17) is 0 Å². The lowest BCUT2D eigenvalue weighted by Gasteiger charge is -2.45. The molecule has 1 amide bonds. The van der Waals surface area contributed by atoms with E-state index >= 15 is 0 Å². The summed E-state index contributed by atoms with van der Waals surface area (Å²) in [5.41, 5.74) is 2.28. The lowest BCUT2D eigenvalue weighted by atomic mass is 9.88. The van der Waals surface area contributed by atoms with Crippen LogP contribution in [-0.4, -0.2) is 51.5 Å². The maximum absolute atomic E-state index is 12.9. The minimum atomic E-state index is -0.569. The summed E-state index contributed by atoms with van der Waals surface area (Å²) in [6.45, 7) is 14.9. The molecule has 2 atom stereocenters. The molecule has 0 bridgehead atoms. The number of aryl methyl sites for hydroxylation is 1. The molecular formula is C24H34N4O2. The van der Waals surface area contributed by atoms with Crippen molar-refractivity contribution in [2.24, 2.45) is 11.8 Å². The average Bonchev–Trinajstić information content (AvgIpc) is 2.99. The molecular weight excluding hydrogens is 376 g/mol. The van der Waals surface area contributed by atoms with E-state index in [1.54, 1.807) is 11.6 Å². The van der Waals surface area contributed by atoms with Crippen LogP contribution in [0.25, 0.3) is 5.69 Å². The number of nitrogens with zero attached hydrogens (tertiary/aromatic N) is 3. The van der Waals surface area contributed by atoms with Crippen molar-refractivity contribution < 1.29 is 9.59 Å². The number of carbonyl (C=O) groups excluding carboxylic acids is 2. The molecule has 1 aromatic heterocycles. The fraction of sp³-hybridized carbons (Fsp3) is 0.542. The highest BCUT2D eigenvalue weighted by Crippen LogP contribution is 2.27. The molecule has 1 aromatic carbocycles. The van der Waals surface area contributed by atoms with E-state index in [0.717, 1.165) is 18.8 Å². The molecule has 0 radical (unpaired) electrons. The lowest BCUT2D eigenvalue weighted by molar-refractivity contribution is -0.117. The average molecular weight is 411 g/mol. The van der Waals surface area contributed by atoms with E-state index in [2.05, 4.69) is 43.0 Å². The molecule has 1 saturated heterocycles. The molecule has 6 nitrogen and oxygen atoms in total. The van der Waals surface area contributed by atoms with Crippen LogP contribution in [0.2, 0.25) is 0 Å². The lowest BCUT2D eigenvalue weighted by Crippen LogP contribution is -2.56. The van der Waals surface area contributed by atoms with Crippen molar-refractivity contribution in [1.29, 1.82) is 0 Å². The minimum Gasteiger partial charge on any atom is -0.347 e. The van der Waals surface area contributed by atoms with Crippen molar-refractivity contribution in [2.45, 2.75) is 53.5 Å². The molecule has 0 aliphatic carbocycles. The molecule has 2 unspecified atom stereocenters. The monoisotopic (exact) mass is 410 g/mol. The first-order valence-corrected chi connectivity index (χ1v) is 10.8. The van der Waals surface area contributed by atoms with Gasteiger partial charge in [-0.3, -0.25) is 14.5 Å². The summed E-state index contributed by atoms with van der Waals surface area (Å²) in [6, 6.07) is 9.63. The number of carbonyl (C=O) groups is 2. The summed E-state index contributed by atoms with van der Waals surface area (Å²) < 4.78 is 1.72. The van der Waals surface area contributed by atoms with Crippen LogP contribution in [0.3, 0.4) is 0 Å². The Morgan fingerprint density at radius 2 is 1.70 bits per heavy atom. The van der Waals surface area contributed by atoms with Gasteiger partial charge in [-0.1, -0.05) is 32.0 Å². The number of hydrogen-bond donors (Lipinski definition) is 1. The second-order valence-corrected chi connectivity index (χ2v) is 9.47. The first kappa shape index (κ1) is 22.2. The predicted molar refractivity (Wildman–Crippen MR) is 119 cm³/mol. The Balaban J connectivity index is 1.71. The van der Waals surface area contributed by atoms with Gasteiger partial charge in [0.05, 0.1) is 22.6 Å². The number of hydrogen-bond acceptors (Lipinski definition) is 4. The van der Waals surface area contributed by atoms with Crippen LogP contribution in [0.1, 0.15) is 55.9 Å². The number of rotatable bonds is 6. The summed E-state index contributed by atoms with van der Waals surface area (Å²) in [5.74, 6) is 0.183. The quantitative estimate of drug-likeness (QED) is 0.584. The van der Waals surface area contributed by atoms with Crippen LogP contribution >= 0.6 is 0 Å². The maximum atomic E-state index is 12.9. The van der Waals surface area contributed by atoms with Gasteiger partial charge in [-0.25, -0.2) is 4.68 Å². The third-order valence-electron chi connectivity index (χ3n) is 6.13. The van der Waals surface area contributed by atoms with Crippen LogP contribution in [0.4, 0.5) is 0 Å². The summed E-state index contributed by atoms with van der Waals surface area (Å²) in [4.78, 5) is 28.1. The SMILES string of the molecule is Cc1nn(-c2ccccc2)c(C)c1C(=O)C(=O)NCC(C)(C)N1CC(C)CC(C)C1. The van der Waals surface area contributed by atoms with Crippen molar-refractivity contribution in [1.82, 2.24) is 20.0 Å². The van der Waals surface area contributed by atoms with E-state index < -0.39 is 11.7 Å². The maximum Gasteiger partial charge on any atom is 0.292 e. The van der Waals surface area contributed by atoms with E-state index in [0.29, 0.717) is 35.3 Å². The van der Waals surface area contributed by atoms with Gasteiger partial charge in [0.2, 0.25) is 0 Å². The van der Waals surface area contributed by atoms with E-state index in [-0.39, 0.29) is 5.54 Å². The molecule has 2 aromatic rings. The van der Waals surface area contributed by atoms with Gasteiger partial charge in [-0.2, -0.15) is 5.10 Å². The van der Waals surface area contributed by atoms with Gasteiger partial charge in [0.25, 0.3) is 11.7 Å². The Morgan fingerprint density at radius 3 is 2.30 bits per heavy atom. The molecule has 162 valence electrons. The molecule has 1 fully saturated rings. The van der Waals surface area contributed by atoms with Gasteiger partial charge in [0.15, 0.2) is 0 Å². The molecule has 1 N–H and O–H groups in total. The number of likely N-dealkylation sites (tertiary alicyclic amines) is 1. The standard InChI is InChI=1S/C24H34N4O2/c1-16-12-17(2)14-27(13-16)24(5,6)15-25-23(30)22(29)21-18(3)26-28(19(21)4)20-10-8-7-9-11-20/h7-11,16-17H,12-15H2,1-6H3,(H,25,30). The Hall–Kier alpha value is -2.47. The number of Topliss-reactive ketones (excluding diaryl/α,β-unsaturated/α-hetero) is 1. The Morgan fingerprint density at radius 1 is 1.10 bits per heavy atom. The van der Waals surface area contributed by atoms with Crippen LogP contribution in [-0.2, 0) is 4.79 Å². The zero-order valence-corrected chi connectivity index (χ0v) is 19.0. The molecule has 1 aliphatic rings. The van der Waals surface area contributed by atoms with Crippen LogP contribution < -0.4 is 5.32 Å². The first-order valence-electron chi connectivity index (χ1n) is 10.8. The molecule has 0 saturated carbocycles. The zero-order chi connectivity index (χ0) is 22.1. The fourth-order valence-electron chi connectivity index (χ4n) is 4.55. The smallest absolute Gasteiger partial charge is 0.292 e. The normalized spacial score (nSPS) is 20.2. The van der Waals surface area contributed by atoms with Gasteiger partial charge in [0, 0.05) is 25.2 Å². The Kier molecular flexibility index (Phi) is 6.46. The minimum absolute atomic E-state index is 0.211. The van der Waals surface area contributed by atoms with Gasteiger partial charge < -0.3 is 5.32 Å². The van der Waals surface area contributed by atoms with Crippen molar-refractivity contribution in [3.8, 4) is 5.69 Å². The summed E-state index contributed by atoms with van der Waals surface area (Å²) >= 11 is 0. The Bertz CT molecular complexity index is 907. The summed E-state index contributed by atoms with van der Waals surface area (Å²) in [5, 5.41) is 7.37. The van der Waals surface area contributed by atoms with Crippen LogP contribution in [0, 0.1) is 25.7 Å². The van der Waals surface area contributed by atoms with Crippen molar-refractivity contribution >= 4 is 11.7 Å². The second kappa shape index (κ2) is 8.72. The number of aromatic nitrogens is 2. The van der Waals surface area contributed by atoms with E-state index in [1.165, 1.54) is 6.42 Å². The number of piperidine rings is 1. The van der Waals surface area contributed by atoms with Crippen molar-refractivity contribution in [3.05, 3.63) is 47.3 Å². The summed E-state index contributed by atoms with van der Waals surface area (Å²) in [6.07, 6.45) is 1.24. The Labute approximate surface area is 179 Å². The van der Waals surface area contributed by atoms with Crippen molar-refractivity contribution in [2.75, 3.05) is 19.6 Å². The molecule has 0 spiro atoms. The topological polar surface area (TPSA) is 67.2 Å². The van der Waals surface area contributed by atoms with Gasteiger partial charge in [-0.15, -0.1) is 0 Å². The molecule has 1 aliphatic heterocycles. The molecule has 6 heteroatoms. The number of ketones is 1. The highest BCUT2D eigenvalue weighted by atomic mass is 16.2. The van der Waals surface area contributed by atoms with E-state index in [1.807, 2.05) is 37.3 Å². The van der Waals surface area contributed by atoms with Crippen LogP contribution in [0.15, 0.2) is 30.3 Å². The fourth-order valence-corrected chi connectivity index (χ4v) is 4.55. The third-order valence-corrected chi connectivity index (χ3v) is 6.13. The number of para-hydroxylation sites is 1. The van der Waals surface area contributed by atoms with Crippen LogP contribution in [0.5, 0.6) is 0 Å². The highest BCUT2D eigenvalue weighted by molar-refractivity contribution is 6.43. The van der Waals surface area contributed by atoms with Gasteiger partial charge in [0.1, 0.15) is 0 Å². The number of amides is 1. The molecule has 30 heavy (non-hydrogen) atoms. The number of nitrogens with one attached hydrogen (secondary N) is 1. The van der Waals surface area contributed by atoms with Gasteiger partial charge >= 0.3 is 0 Å². The number of benzene rings is 1. The summed E-state index contributed by atoms with van der Waals surface area (Å²) in [7, 11) is 0. The van der Waals surface area contributed by atoms with Crippen molar-refractivity contribution in [3.63, 3.8) is 0 Å². The van der Waals surface area contributed by atoms with E-state index in [9.17, 15) is 9.59 Å². The second-order valence-electron chi connectivity index (χ2n) is 9.47. The van der Waals surface area contributed by atoms with Gasteiger partial charge in [-0.05, 0) is 58.1 Å². The third kappa shape index (κ3) is 4.64. The molecule has 3 rings (SSSR count). The predicted octanol–water partition coefficient (Wildman–Crippen LogP) is 3.54. The highest BCUT2D eigenvalue weighted by Gasteiger charge is 2.34.